The molecule has 1 aromatic heterocycles. The summed E-state index contributed by atoms with van der Waals surface area (Å²) in [6, 6.07) is 15.5. The van der Waals surface area contributed by atoms with E-state index in [-0.39, 0.29) is 11.3 Å². The highest BCUT2D eigenvalue weighted by molar-refractivity contribution is 6.05. The second-order valence-corrected chi connectivity index (χ2v) is 7.44. The average Bonchev–Trinajstić information content (AvgIpc) is 2.78. The van der Waals surface area contributed by atoms with Crippen molar-refractivity contribution < 1.29 is 14.3 Å². The minimum atomic E-state index is -0.481. The Bertz CT molecular complexity index is 1200. The molecule has 2 aromatic carbocycles. The smallest absolute Gasteiger partial charge is 0.267 e. The van der Waals surface area contributed by atoms with Crippen LogP contribution < -0.4 is 20.9 Å². The third kappa shape index (κ3) is 5.83. The number of nitrogens with zero attached hydrogens (tertiary/aromatic N) is 1. The fourth-order valence-electron chi connectivity index (χ4n) is 3.02. The Kier molecular flexibility index (Phi) is 7.41. The summed E-state index contributed by atoms with van der Waals surface area (Å²) < 4.78 is 5.19. The van der Waals surface area contributed by atoms with Gasteiger partial charge in [0, 0.05) is 30.3 Å². The van der Waals surface area contributed by atoms with Gasteiger partial charge in [-0.05, 0) is 55.9 Å². The normalized spacial score (nSPS) is 11.4. The van der Waals surface area contributed by atoms with Crippen LogP contribution in [0.3, 0.4) is 0 Å². The fraction of sp³-hybridized carbons (Fsp3) is 0.208. The van der Waals surface area contributed by atoms with Crippen LogP contribution in [0.25, 0.3) is 17.0 Å². The number of nitrogens with one attached hydrogen (secondary N) is 3. The van der Waals surface area contributed by atoms with Gasteiger partial charge in [0.2, 0.25) is 0 Å². The topological polar surface area (TPSA) is 104 Å². The van der Waals surface area contributed by atoms with Crippen molar-refractivity contribution in [1.29, 1.82) is 0 Å². The maximum Gasteiger partial charge on any atom is 0.267 e. The van der Waals surface area contributed by atoms with Crippen LogP contribution in [-0.4, -0.2) is 56.0 Å². The predicted molar refractivity (Wildman–Crippen MR) is 125 cm³/mol. The van der Waals surface area contributed by atoms with E-state index in [9.17, 15) is 14.4 Å². The molecule has 0 unspecified atom stereocenters. The number of aromatic amines is 1. The SMILES string of the molecule is COc1ccc2cc(C=C(NC(=O)c3ccccc3)C(=O)NCCN(C)C)c(=O)[nH]c2c1. The molecule has 0 aliphatic rings. The number of carbonyl (C=O) groups excluding carboxylic acids is 2. The van der Waals surface area contributed by atoms with Gasteiger partial charge in [-0.25, -0.2) is 0 Å². The highest BCUT2D eigenvalue weighted by Crippen LogP contribution is 2.19. The van der Waals surface area contributed by atoms with E-state index < -0.39 is 17.4 Å². The predicted octanol–water partition coefficient (Wildman–Crippen LogP) is 1.99. The molecular weight excluding hydrogens is 408 g/mol. The van der Waals surface area contributed by atoms with Crippen LogP contribution in [0.4, 0.5) is 0 Å². The van der Waals surface area contributed by atoms with Crippen molar-refractivity contribution in [3.63, 3.8) is 0 Å². The first kappa shape index (κ1) is 22.8. The zero-order valence-electron chi connectivity index (χ0n) is 18.3. The van der Waals surface area contributed by atoms with Crippen LogP contribution in [0.15, 0.2) is 65.1 Å². The van der Waals surface area contributed by atoms with Crippen LogP contribution in [0.1, 0.15) is 15.9 Å². The third-order valence-corrected chi connectivity index (χ3v) is 4.76. The van der Waals surface area contributed by atoms with E-state index in [1.807, 2.05) is 19.0 Å². The number of amides is 2. The number of pyridine rings is 1. The molecular formula is C24H26N4O4. The second-order valence-electron chi connectivity index (χ2n) is 7.44. The Morgan fingerprint density at radius 2 is 1.84 bits per heavy atom. The number of methoxy groups -OCH3 is 1. The molecule has 3 aromatic rings. The van der Waals surface area contributed by atoms with E-state index >= 15 is 0 Å². The molecule has 3 N–H and O–H groups in total. The average molecular weight is 434 g/mol. The molecule has 0 aliphatic heterocycles. The van der Waals surface area contributed by atoms with E-state index in [1.165, 1.54) is 6.08 Å². The number of rotatable bonds is 8. The third-order valence-electron chi connectivity index (χ3n) is 4.76. The van der Waals surface area contributed by atoms with Crippen molar-refractivity contribution in [3.05, 3.63) is 81.8 Å². The number of aromatic nitrogens is 1. The number of fused-ring (bicyclic) bond motifs is 1. The van der Waals surface area contributed by atoms with Gasteiger partial charge in [-0.2, -0.15) is 0 Å². The van der Waals surface area contributed by atoms with Gasteiger partial charge in [-0.1, -0.05) is 18.2 Å². The molecule has 166 valence electrons. The molecule has 2 amide bonds. The van der Waals surface area contributed by atoms with Gasteiger partial charge in [-0.3, -0.25) is 14.4 Å². The van der Waals surface area contributed by atoms with Crippen LogP contribution >= 0.6 is 0 Å². The molecule has 3 rings (SSSR count). The van der Waals surface area contributed by atoms with Crippen molar-refractivity contribution in [2.45, 2.75) is 0 Å². The Morgan fingerprint density at radius 1 is 1.09 bits per heavy atom. The number of H-pyrrole nitrogens is 1. The van der Waals surface area contributed by atoms with Gasteiger partial charge in [0.1, 0.15) is 11.4 Å². The molecule has 0 spiro atoms. The quantitative estimate of drug-likeness (QED) is 0.471. The molecule has 0 radical (unpaired) electrons. The van der Waals surface area contributed by atoms with Gasteiger partial charge < -0.3 is 25.3 Å². The molecule has 0 bridgehead atoms. The van der Waals surface area contributed by atoms with Gasteiger partial charge in [0.25, 0.3) is 17.4 Å². The summed E-state index contributed by atoms with van der Waals surface area (Å²) in [7, 11) is 5.33. The number of carbonyl (C=O) groups is 2. The summed E-state index contributed by atoms with van der Waals surface area (Å²) >= 11 is 0. The van der Waals surface area contributed by atoms with E-state index in [2.05, 4.69) is 15.6 Å². The minimum absolute atomic E-state index is 0.0176. The van der Waals surface area contributed by atoms with Crippen LogP contribution in [0, 0.1) is 0 Å². The van der Waals surface area contributed by atoms with Gasteiger partial charge in [-0.15, -0.1) is 0 Å². The summed E-state index contributed by atoms with van der Waals surface area (Å²) in [6.07, 6.45) is 1.38. The summed E-state index contributed by atoms with van der Waals surface area (Å²) in [5, 5.41) is 6.17. The van der Waals surface area contributed by atoms with Gasteiger partial charge in [0.15, 0.2) is 0 Å². The number of ether oxygens (including phenoxy) is 1. The number of hydrogen-bond acceptors (Lipinski definition) is 5. The summed E-state index contributed by atoms with van der Waals surface area (Å²) in [4.78, 5) is 42.8. The van der Waals surface area contributed by atoms with Crippen LogP contribution in [0.2, 0.25) is 0 Å². The lowest BCUT2D eigenvalue weighted by Gasteiger charge is -2.13. The summed E-state index contributed by atoms with van der Waals surface area (Å²) in [6.45, 7) is 1.02. The van der Waals surface area contributed by atoms with Crippen LogP contribution in [-0.2, 0) is 4.79 Å². The van der Waals surface area contributed by atoms with Gasteiger partial charge >= 0.3 is 0 Å². The number of benzene rings is 2. The number of likely N-dealkylation sites (N-methyl/N-ethyl adjacent to an activating group) is 1. The van der Waals surface area contributed by atoms with Crippen molar-refractivity contribution in [3.8, 4) is 5.75 Å². The Morgan fingerprint density at radius 3 is 2.53 bits per heavy atom. The summed E-state index contributed by atoms with van der Waals surface area (Å²) in [5.41, 5.74) is 0.846. The molecule has 8 heteroatoms. The second kappa shape index (κ2) is 10.4. The number of hydrogen-bond donors (Lipinski definition) is 3. The maximum atomic E-state index is 12.8. The zero-order chi connectivity index (χ0) is 23.1. The first-order valence-corrected chi connectivity index (χ1v) is 10.1. The van der Waals surface area contributed by atoms with Crippen molar-refractivity contribution >= 4 is 28.8 Å². The fourth-order valence-corrected chi connectivity index (χ4v) is 3.02. The lowest BCUT2D eigenvalue weighted by Crippen LogP contribution is -2.38. The van der Waals surface area contributed by atoms with Crippen molar-refractivity contribution in [2.75, 3.05) is 34.3 Å². The lowest BCUT2D eigenvalue weighted by molar-refractivity contribution is -0.117. The minimum Gasteiger partial charge on any atom is -0.497 e. The van der Waals surface area contributed by atoms with E-state index in [1.54, 1.807) is 61.7 Å². The molecule has 0 saturated carbocycles. The van der Waals surface area contributed by atoms with Gasteiger partial charge in [0.05, 0.1) is 12.6 Å². The molecule has 1 heterocycles. The molecule has 0 fully saturated rings. The molecule has 32 heavy (non-hydrogen) atoms. The molecule has 0 aliphatic carbocycles. The van der Waals surface area contributed by atoms with E-state index in [4.69, 9.17) is 4.74 Å². The molecule has 8 nitrogen and oxygen atoms in total. The Hall–Kier alpha value is -3.91. The first-order valence-electron chi connectivity index (χ1n) is 10.1. The zero-order valence-corrected chi connectivity index (χ0v) is 18.3. The van der Waals surface area contributed by atoms with E-state index in [0.717, 1.165) is 5.39 Å². The highest BCUT2D eigenvalue weighted by Gasteiger charge is 2.15. The van der Waals surface area contributed by atoms with Crippen molar-refractivity contribution in [1.82, 2.24) is 20.5 Å². The maximum absolute atomic E-state index is 12.8. The largest absolute Gasteiger partial charge is 0.497 e. The molecule has 0 atom stereocenters. The monoisotopic (exact) mass is 434 g/mol. The first-order chi connectivity index (χ1) is 15.4. The van der Waals surface area contributed by atoms with E-state index in [0.29, 0.717) is 29.9 Å². The lowest BCUT2D eigenvalue weighted by atomic mass is 10.1. The standard InChI is InChI=1S/C24H26N4O4/c1-28(2)12-11-25-24(31)21(27-22(29)16-7-5-4-6-8-16)14-18-13-17-9-10-19(32-3)15-20(17)26-23(18)30/h4-10,13-15H,11-12H2,1-3H3,(H,25,31)(H,26,30)(H,27,29). The molecule has 0 saturated heterocycles. The Balaban J connectivity index is 1.95. The van der Waals surface area contributed by atoms with Crippen molar-refractivity contribution in [2.24, 2.45) is 0 Å². The Labute approximate surface area is 185 Å². The summed E-state index contributed by atoms with van der Waals surface area (Å²) in [5.74, 6) is -0.306. The van der Waals surface area contributed by atoms with Crippen LogP contribution in [0.5, 0.6) is 5.75 Å². The highest BCUT2D eigenvalue weighted by atomic mass is 16.5.